The van der Waals surface area contributed by atoms with Gasteiger partial charge in [-0.25, -0.2) is 0 Å². The third-order valence-corrected chi connectivity index (χ3v) is 2.76. The topological polar surface area (TPSA) is 41.1 Å². The summed E-state index contributed by atoms with van der Waals surface area (Å²) in [6.45, 7) is 2.68. The summed E-state index contributed by atoms with van der Waals surface area (Å²) in [4.78, 5) is 11.0. The molecule has 4 heteroatoms. The van der Waals surface area contributed by atoms with E-state index in [1.54, 1.807) is 7.05 Å². The summed E-state index contributed by atoms with van der Waals surface area (Å²) in [6.07, 6.45) is 0.483. The van der Waals surface area contributed by atoms with E-state index in [2.05, 4.69) is 26.6 Å². The van der Waals surface area contributed by atoms with Gasteiger partial charge in [0.05, 0.1) is 0 Å². The van der Waals surface area contributed by atoms with Gasteiger partial charge in [0.25, 0.3) is 0 Å². The van der Waals surface area contributed by atoms with Gasteiger partial charge in [-0.3, -0.25) is 4.79 Å². The number of rotatable bonds is 4. The molecule has 0 heterocycles. The molecular formula is C11H15BrN2O. The molecule has 0 fully saturated rings. The van der Waals surface area contributed by atoms with Gasteiger partial charge < -0.3 is 10.6 Å². The number of anilines is 1. The van der Waals surface area contributed by atoms with E-state index in [9.17, 15) is 4.79 Å². The number of amides is 1. The molecule has 0 saturated heterocycles. The molecule has 1 aromatic carbocycles. The quantitative estimate of drug-likeness (QED) is 0.882. The van der Waals surface area contributed by atoms with Gasteiger partial charge in [0, 0.05) is 30.2 Å². The number of carbonyl (C=O) groups is 1. The molecule has 15 heavy (non-hydrogen) atoms. The van der Waals surface area contributed by atoms with E-state index in [1.807, 2.05) is 25.1 Å². The van der Waals surface area contributed by atoms with E-state index in [1.165, 1.54) is 5.56 Å². The Labute approximate surface area is 98.4 Å². The minimum Gasteiger partial charge on any atom is -0.384 e. The Bertz CT molecular complexity index is 352. The van der Waals surface area contributed by atoms with Gasteiger partial charge in [-0.05, 0) is 40.5 Å². The van der Waals surface area contributed by atoms with E-state index in [0.29, 0.717) is 13.0 Å². The maximum Gasteiger partial charge on any atom is 0.221 e. The van der Waals surface area contributed by atoms with E-state index in [-0.39, 0.29) is 5.91 Å². The summed E-state index contributed by atoms with van der Waals surface area (Å²) >= 11 is 3.45. The normalized spacial score (nSPS) is 9.80. The highest BCUT2D eigenvalue weighted by Crippen LogP contribution is 2.23. The molecule has 0 radical (unpaired) electrons. The number of carbonyl (C=O) groups excluding carboxylic acids is 1. The van der Waals surface area contributed by atoms with Gasteiger partial charge in [-0.15, -0.1) is 0 Å². The van der Waals surface area contributed by atoms with E-state index < -0.39 is 0 Å². The fraction of sp³-hybridized carbons (Fsp3) is 0.364. The van der Waals surface area contributed by atoms with Crippen LogP contribution in [0, 0.1) is 6.92 Å². The molecule has 0 aliphatic carbocycles. The SMILES string of the molecule is CNC(=O)CCNc1cc(C)ccc1Br. The van der Waals surface area contributed by atoms with Crippen LogP contribution >= 0.6 is 15.9 Å². The molecule has 1 rings (SSSR count). The fourth-order valence-corrected chi connectivity index (χ4v) is 1.60. The molecule has 0 aromatic heterocycles. The molecule has 0 saturated carbocycles. The van der Waals surface area contributed by atoms with Crippen LogP contribution in [-0.2, 0) is 4.79 Å². The third-order valence-electron chi connectivity index (χ3n) is 2.07. The smallest absolute Gasteiger partial charge is 0.221 e. The van der Waals surface area contributed by atoms with Crippen molar-refractivity contribution in [2.45, 2.75) is 13.3 Å². The van der Waals surface area contributed by atoms with E-state index >= 15 is 0 Å². The minimum atomic E-state index is 0.0475. The van der Waals surface area contributed by atoms with Gasteiger partial charge in [0.15, 0.2) is 0 Å². The number of nitrogens with one attached hydrogen (secondary N) is 2. The standard InChI is InChI=1S/C11H15BrN2O/c1-8-3-4-9(12)10(7-8)14-6-5-11(15)13-2/h3-4,7,14H,5-6H2,1-2H3,(H,13,15). The predicted molar refractivity (Wildman–Crippen MR) is 66.1 cm³/mol. The minimum absolute atomic E-state index is 0.0475. The molecule has 0 bridgehead atoms. The molecule has 82 valence electrons. The molecule has 0 spiro atoms. The number of halogens is 1. The maximum atomic E-state index is 11.0. The molecule has 0 aliphatic heterocycles. The van der Waals surface area contributed by atoms with Crippen molar-refractivity contribution in [3.05, 3.63) is 28.2 Å². The fourth-order valence-electron chi connectivity index (χ4n) is 1.21. The second-order valence-electron chi connectivity index (χ2n) is 3.33. The first-order valence-corrected chi connectivity index (χ1v) is 5.63. The van der Waals surface area contributed by atoms with Crippen molar-refractivity contribution >= 4 is 27.5 Å². The summed E-state index contributed by atoms with van der Waals surface area (Å²) in [5.74, 6) is 0.0475. The van der Waals surface area contributed by atoms with Crippen LogP contribution in [0.2, 0.25) is 0 Å². The van der Waals surface area contributed by atoms with Gasteiger partial charge >= 0.3 is 0 Å². The molecule has 3 nitrogen and oxygen atoms in total. The largest absolute Gasteiger partial charge is 0.384 e. The zero-order valence-corrected chi connectivity index (χ0v) is 10.5. The summed E-state index contributed by atoms with van der Waals surface area (Å²) in [5, 5.41) is 5.80. The summed E-state index contributed by atoms with van der Waals surface area (Å²) < 4.78 is 1.02. The Morgan fingerprint density at radius 3 is 2.87 bits per heavy atom. The van der Waals surface area contributed by atoms with Crippen molar-refractivity contribution in [1.29, 1.82) is 0 Å². The Morgan fingerprint density at radius 2 is 2.20 bits per heavy atom. The molecule has 2 N–H and O–H groups in total. The number of aryl methyl sites for hydroxylation is 1. The van der Waals surface area contributed by atoms with Crippen LogP contribution < -0.4 is 10.6 Å². The second kappa shape index (κ2) is 5.75. The van der Waals surface area contributed by atoms with Crippen molar-refractivity contribution in [3.8, 4) is 0 Å². The van der Waals surface area contributed by atoms with Crippen LogP contribution in [0.5, 0.6) is 0 Å². The zero-order chi connectivity index (χ0) is 11.3. The van der Waals surface area contributed by atoms with Crippen LogP contribution in [0.4, 0.5) is 5.69 Å². The zero-order valence-electron chi connectivity index (χ0n) is 8.93. The molecular weight excluding hydrogens is 256 g/mol. The highest BCUT2D eigenvalue weighted by Gasteiger charge is 2.01. The van der Waals surface area contributed by atoms with Crippen molar-refractivity contribution < 1.29 is 4.79 Å². The Hall–Kier alpha value is -1.03. The molecule has 0 unspecified atom stereocenters. The Morgan fingerprint density at radius 1 is 1.47 bits per heavy atom. The molecule has 0 aliphatic rings. The highest BCUT2D eigenvalue weighted by atomic mass is 79.9. The lowest BCUT2D eigenvalue weighted by Gasteiger charge is -2.08. The first kappa shape index (κ1) is 12.0. The Balaban J connectivity index is 2.50. The van der Waals surface area contributed by atoms with Crippen molar-refractivity contribution in [1.82, 2.24) is 5.32 Å². The summed E-state index contributed by atoms with van der Waals surface area (Å²) in [7, 11) is 1.64. The van der Waals surface area contributed by atoms with Crippen molar-refractivity contribution in [2.24, 2.45) is 0 Å². The van der Waals surface area contributed by atoms with Gasteiger partial charge in [0.2, 0.25) is 5.91 Å². The van der Waals surface area contributed by atoms with Gasteiger partial charge in [0.1, 0.15) is 0 Å². The monoisotopic (exact) mass is 270 g/mol. The van der Waals surface area contributed by atoms with Crippen LogP contribution in [0.25, 0.3) is 0 Å². The Kier molecular flexibility index (Phi) is 4.62. The average molecular weight is 271 g/mol. The van der Waals surface area contributed by atoms with Crippen LogP contribution in [0.3, 0.4) is 0 Å². The van der Waals surface area contributed by atoms with Crippen LogP contribution in [0.15, 0.2) is 22.7 Å². The average Bonchev–Trinajstić information content (AvgIpc) is 2.23. The number of hydrogen-bond acceptors (Lipinski definition) is 2. The van der Waals surface area contributed by atoms with E-state index in [0.717, 1.165) is 10.2 Å². The summed E-state index contributed by atoms with van der Waals surface area (Å²) in [5.41, 5.74) is 2.22. The van der Waals surface area contributed by atoms with Crippen molar-refractivity contribution in [2.75, 3.05) is 18.9 Å². The molecule has 1 aromatic rings. The van der Waals surface area contributed by atoms with Crippen LogP contribution in [-0.4, -0.2) is 19.5 Å². The second-order valence-corrected chi connectivity index (χ2v) is 4.19. The lowest BCUT2D eigenvalue weighted by molar-refractivity contribution is -0.120. The van der Waals surface area contributed by atoms with Gasteiger partial charge in [-0.2, -0.15) is 0 Å². The van der Waals surface area contributed by atoms with Crippen molar-refractivity contribution in [3.63, 3.8) is 0 Å². The highest BCUT2D eigenvalue weighted by molar-refractivity contribution is 9.10. The number of benzene rings is 1. The molecule has 0 atom stereocenters. The third kappa shape index (κ3) is 3.91. The summed E-state index contributed by atoms with van der Waals surface area (Å²) in [6, 6.07) is 6.08. The lowest BCUT2D eigenvalue weighted by Crippen LogP contribution is -2.20. The maximum absolute atomic E-state index is 11.0. The predicted octanol–water partition coefficient (Wildman–Crippen LogP) is 2.31. The van der Waals surface area contributed by atoms with Gasteiger partial charge in [-0.1, -0.05) is 6.07 Å². The molecule has 1 amide bonds. The first-order valence-electron chi connectivity index (χ1n) is 4.84. The first-order chi connectivity index (χ1) is 7.13. The number of hydrogen-bond donors (Lipinski definition) is 2. The lowest BCUT2D eigenvalue weighted by atomic mass is 10.2. The van der Waals surface area contributed by atoms with E-state index in [4.69, 9.17) is 0 Å². The van der Waals surface area contributed by atoms with Crippen LogP contribution in [0.1, 0.15) is 12.0 Å².